The van der Waals surface area contributed by atoms with Gasteiger partial charge in [-0.1, -0.05) is 61.9 Å². The monoisotopic (exact) mass is 704 g/mol. The number of rotatable bonds is 4. The van der Waals surface area contributed by atoms with E-state index in [-0.39, 0.29) is 20.1 Å². The predicted octanol–water partition coefficient (Wildman–Crippen LogP) is 9.25. The van der Waals surface area contributed by atoms with Crippen LogP contribution in [0.5, 0.6) is 0 Å². The summed E-state index contributed by atoms with van der Waals surface area (Å²) in [6.45, 7) is 12.8. The zero-order chi connectivity index (χ0) is 27.5. The summed E-state index contributed by atoms with van der Waals surface area (Å²) in [5.41, 5.74) is 10.1. The van der Waals surface area contributed by atoms with Crippen molar-refractivity contribution in [3.8, 4) is 22.5 Å². The van der Waals surface area contributed by atoms with Crippen LogP contribution >= 0.6 is 0 Å². The minimum absolute atomic E-state index is 0. The van der Waals surface area contributed by atoms with Gasteiger partial charge in [0.2, 0.25) is 5.71 Å². The average Bonchev–Trinajstić information content (AvgIpc) is 3.33. The summed E-state index contributed by atoms with van der Waals surface area (Å²) >= 11 is 0. The van der Waals surface area contributed by atoms with Crippen molar-refractivity contribution in [3.05, 3.63) is 114 Å². The second-order valence-electron chi connectivity index (χ2n) is 10.5. The van der Waals surface area contributed by atoms with E-state index in [0.29, 0.717) is 17.5 Å². The quantitative estimate of drug-likeness (QED) is 0.172. The van der Waals surface area contributed by atoms with Gasteiger partial charge in [-0.05, 0) is 60.8 Å². The molecule has 0 unspecified atom stereocenters. The molecule has 0 aliphatic heterocycles. The summed E-state index contributed by atoms with van der Waals surface area (Å²) in [6, 6.07) is 28.8. The van der Waals surface area contributed by atoms with Gasteiger partial charge < -0.3 is 14.4 Å². The van der Waals surface area contributed by atoms with Crippen molar-refractivity contribution in [2.75, 3.05) is 0 Å². The van der Waals surface area contributed by atoms with E-state index in [4.69, 9.17) is 9.40 Å². The molecule has 0 fully saturated rings. The maximum absolute atomic E-state index is 6.15. The first-order chi connectivity index (χ1) is 18.8. The molecule has 0 bridgehead atoms. The Kier molecular flexibility index (Phi) is 9.29. The summed E-state index contributed by atoms with van der Waals surface area (Å²) in [6.07, 6.45) is 3.76. The van der Waals surface area contributed by atoms with Gasteiger partial charge in [-0.3, -0.25) is 0 Å². The molecule has 2 aromatic carbocycles. The van der Waals surface area contributed by atoms with Gasteiger partial charge in [0.25, 0.3) is 0 Å². The maximum atomic E-state index is 6.15. The smallest absolute Gasteiger partial charge is 0.216 e. The first-order valence-corrected chi connectivity index (χ1v) is 13.4. The Labute approximate surface area is 250 Å². The van der Waals surface area contributed by atoms with Gasteiger partial charge in [0, 0.05) is 43.6 Å². The summed E-state index contributed by atoms with van der Waals surface area (Å²) in [5, 5.41) is 2.10. The van der Waals surface area contributed by atoms with Crippen LogP contribution in [0.25, 0.3) is 44.6 Å². The van der Waals surface area contributed by atoms with Crippen molar-refractivity contribution in [1.82, 2.24) is 15.0 Å². The van der Waals surface area contributed by atoms with E-state index in [1.807, 2.05) is 48.8 Å². The molecule has 1 radical (unpaired) electrons. The molecular formula is C35H33IrN3O-2. The molecule has 40 heavy (non-hydrogen) atoms. The fraction of sp³-hybridized carbons (Fsp3) is 0.229. The van der Waals surface area contributed by atoms with Crippen LogP contribution in [-0.4, -0.2) is 15.0 Å². The molecule has 0 saturated heterocycles. The molecule has 0 spiro atoms. The third kappa shape index (κ3) is 6.22. The van der Waals surface area contributed by atoms with Gasteiger partial charge in [-0.25, -0.2) is 4.98 Å². The van der Waals surface area contributed by atoms with Gasteiger partial charge in [0.1, 0.15) is 0 Å². The molecule has 205 valence electrons. The Hall–Kier alpha value is -3.66. The first-order valence-electron chi connectivity index (χ1n) is 13.4. The Balaban J connectivity index is 0.000000210. The molecule has 0 aliphatic rings. The van der Waals surface area contributed by atoms with Crippen molar-refractivity contribution >= 4 is 22.1 Å². The van der Waals surface area contributed by atoms with E-state index in [2.05, 4.69) is 94.0 Å². The van der Waals surface area contributed by atoms with E-state index in [1.54, 1.807) is 0 Å². The molecule has 5 heteroatoms. The van der Waals surface area contributed by atoms with E-state index in [1.165, 1.54) is 16.7 Å². The summed E-state index contributed by atoms with van der Waals surface area (Å²) in [5.74, 6) is 0.819. The van der Waals surface area contributed by atoms with Crippen LogP contribution in [0.4, 0.5) is 0 Å². The third-order valence-corrected chi connectivity index (χ3v) is 6.98. The van der Waals surface area contributed by atoms with Crippen LogP contribution in [-0.2, 0) is 20.1 Å². The maximum Gasteiger partial charge on any atom is 0.216 e. The number of hydrogen-bond donors (Lipinski definition) is 0. The summed E-state index contributed by atoms with van der Waals surface area (Å²) < 4.78 is 6.15. The molecule has 0 atom stereocenters. The number of furan rings is 1. The van der Waals surface area contributed by atoms with Gasteiger partial charge in [-0.2, -0.15) is 0 Å². The van der Waals surface area contributed by atoms with Crippen molar-refractivity contribution in [1.29, 1.82) is 0 Å². The molecule has 6 aromatic rings. The van der Waals surface area contributed by atoms with Gasteiger partial charge in [0.15, 0.2) is 0 Å². The fourth-order valence-corrected chi connectivity index (χ4v) is 4.42. The number of hydrogen-bond acceptors (Lipinski definition) is 4. The Morgan fingerprint density at radius 1 is 0.750 bits per heavy atom. The number of aromatic nitrogens is 3. The first kappa shape index (κ1) is 29.3. The van der Waals surface area contributed by atoms with E-state index < -0.39 is 0 Å². The Bertz CT molecular complexity index is 1740. The van der Waals surface area contributed by atoms with Gasteiger partial charge >= 0.3 is 0 Å². The van der Waals surface area contributed by atoms with Gasteiger partial charge in [0.05, 0.1) is 5.58 Å². The minimum atomic E-state index is 0. The molecule has 6 rings (SSSR count). The van der Waals surface area contributed by atoms with Crippen LogP contribution in [0.2, 0.25) is 0 Å². The minimum Gasteiger partial charge on any atom is -0.486 e. The standard InChI is InChI=1S/C22H21N2O.C13H12N.Ir/c1-13(2)15-10-11-23-20(12-15)18-7-5-6-16-17-8-9-19(14(3)4)24-22(17)25-21(16)18;1-10-8-13(14-9-11(10)2)12-6-4-3-5-7-12;/h5-6,8-14H,1-4H3;3-6,8-9H,1-2H3;/q2*-1;. The Morgan fingerprint density at radius 2 is 1.57 bits per heavy atom. The van der Waals surface area contributed by atoms with Crippen LogP contribution in [0, 0.1) is 26.0 Å². The number of benzene rings is 2. The summed E-state index contributed by atoms with van der Waals surface area (Å²) in [7, 11) is 0. The van der Waals surface area contributed by atoms with Crippen LogP contribution in [0.3, 0.4) is 0 Å². The number of nitrogens with zero attached hydrogens (tertiary/aromatic N) is 3. The largest absolute Gasteiger partial charge is 0.486 e. The molecule has 4 heterocycles. The van der Waals surface area contributed by atoms with Crippen molar-refractivity contribution in [2.45, 2.75) is 53.4 Å². The molecule has 4 aromatic heterocycles. The van der Waals surface area contributed by atoms with Crippen LogP contribution in [0.15, 0.2) is 83.5 Å². The average molecular weight is 704 g/mol. The SMILES string of the molecule is CC(C)c1ccnc(-c2[c-]ccc3c2oc2nc(C(C)C)ccc23)c1.Cc1cnc(-c2[c-]cccc2)cc1C.[Ir]. The molecule has 4 nitrogen and oxygen atoms in total. The zero-order valence-corrected chi connectivity index (χ0v) is 26.1. The number of fused-ring (bicyclic) bond motifs is 3. The van der Waals surface area contributed by atoms with Crippen molar-refractivity contribution < 1.29 is 24.5 Å². The zero-order valence-electron chi connectivity index (χ0n) is 23.7. The van der Waals surface area contributed by atoms with E-state index in [0.717, 1.165) is 44.6 Å². The molecule has 0 amide bonds. The van der Waals surface area contributed by atoms with Crippen LogP contribution in [0.1, 0.15) is 61.9 Å². The topological polar surface area (TPSA) is 51.8 Å². The number of pyridine rings is 3. The van der Waals surface area contributed by atoms with E-state index in [9.17, 15) is 0 Å². The number of aryl methyl sites for hydroxylation is 2. The summed E-state index contributed by atoms with van der Waals surface area (Å²) in [4.78, 5) is 13.6. The third-order valence-electron chi connectivity index (χ3n) is 6.98. The Morgan fingerprint density at radius 3 is 2.27 bits per heavy atom. The second kappa shape index (κ2) is 12.7. The van der Waals surface area contributed by atoms with Gasteiger partial charge in [-0.15, -0.1) is 54.1 Å². The van der Waals surface area contributed by atoms with E-state index >= 15 is 0 Å². The second-order valence-corrected chi connectivity index (χ2v) is 10.5. The fourth-order valence-electron chi connectivity index (χ4n) is 4.42. The van der Waals surface area contributed by atoms with Crippen molar-refractivity contribution in [2.24, 2.45) is 0 Å². The van der Waals surface area contributed by atoms with Crippen LogP contribution < -0.4 is 0 Å². The molecule has 0 saturated carbocycles. The normalized spacial score (nSPS) is 11.0. The predicted molar refractivity (Wildman–Crippen MR) is 160 cm³/mol. The molecule has 0 aliphatic carbocycles. The molecular weight excluding hydrogens is 671 g/mol. The van der Waals surface area contributed by atoms with Crippen molar-refractivity contribution in [3.63, 3.8) is 0 Å². The molecule has 0 N–H and O–H groups in total.